The summed E-state index contributed by atoms with van der Waals surface area (Å²) in [5.74, 6) is -0.241. The van der Waals surface area contributed by atoms with Gasteiger partial charge < -0.3 is 5.32 Å². The van der Waals surface area contributed by atoms with Crippen LogP contribution in [0.4, 0.5) is 11.4 Å². The van der Waals surface area contributed by atoms with Crippen molar-refractivity contribution in [3.05, 3.63) is 30.9 Å². The first-order chi connectivity index (χ1) is 10.9. The minimum absolute atomic E-state index is 0.0582. The highest BCUT2D eigenvalue weighted by molar-refractivity contribution is 7.92. The van der Waals surface area contributed by atoms with Crippen LogP contribution >= 0.6 is 0 Å². The van der Waals surface area contributed by atoms with Gasteiger partial charge in [0.1, 0.15) is 4.90 Å². The lowest BCUT2D eigenvalue weighted by Gasteiger charge is -2.22. The van der Waals surface area contributed by atoms with E-state index in [9.17, 15) is 13.2 Å². The third-order valence-electron chi connectivity index (χ3n) is 3.58. The van der Waals surface area contributed by atoms with Gasteiger partial charge in [0.25, 0.3) is 10.0 Å². The number of anilines is 2. The maximum atomic E-state index is 13.0. The lowest BCUT2D eigenvalue weighted by molar-refractivity contribution is -0.115. The second-order valence-electron chi connectivity index (χ2n) is 5.52. The van der Waals surface area contributed by atoms with Crippen molar-refractivity contribution in [2.45, 2.75) is 31.2 Å². The van der Waals surface area contributed by atoms with Crippen molar-refractivity contribution in [2.24, 2.45) is 0 Å². The van der Waals surface area contributed by atoms with Crippen LogP contribution < -0.4 is 9.62 Å². The number of rotatable bonds is 3. The monoisotopic (exact) mass is 335 g/mol. The predicted molar refractivity (Wildman–Crippen MR) is 84.6 cm³/mol. The van der Waals surface area contributed by atoms with Gasteiger partial charge in [-0.3, -0.25) is 18.8 Å². The Morgan fingerprint density at radius 3 is 2.78 bits per heavy atom. The highest BCUT2D eigenvalue weighted by Crippen LogP contribution is 2.32. The Morgan fingerprint density at radius 2 is 2.09 bits per heavy atom. The summed E-state index contributed by atoms with van der Waals surface area (Å²) in [4.78, 5) is 15.8. The van der Waals surface area contributed by atoms with E-state index in [0.29, 0.717) is 11.4 Å². The van der Waals surface area contributed by atoms with Crippen LogP contribution in [0, 0.1) is 0 Å². The van der Waals surface area contributed by atoms with E-state index < -0.39 is 10.0 Å². The largest absolute Gasteiger partial charge is 0.323 e. The molecule has 1 N–H and O–H groups in total. The molecule has 0 unspecified atom stereocenters. The van der Waals surface area contributed by atoms with Gasteiger partial charge in [0.2, 0.25) is 5.91 Å². The number of aromatic nitrogens is 3. The first-order valence-electron chi connectivity index (χ1n) is 7.20. The molecule has 2 aromatic rings. The summed E-state index contributed by atoms with van der Waals surface area (Å²) >= 11 is 0. The van der Waals surface area contributed by atoms with Gasteiger partial charge in [0, 0.05) is 31.4 Å². The van der Waals surface area contributed by atoms with Crippen molar-refractivity contribution >= 4 is 27.3 Å². The number of pyridine rings is 1. The average Bonchev–Trinajstić information content (AvgIpc) is 2.93. The number of hydrogen-bond acceptors (Lipinski definition) is 5. The number of fused-ring (bicyclic) bond motifs is 1. The van der Waals surface area contributed by atoms with Crippen molar-refractivity contribution in [2.75, 3.05) is 16.2 Å². The molecule has 8 nitrogen and oxygen atoms in total. The number of nitrogens with zero attached hydrogens (tertiary/aromatic N) is 4. The van der Waals surface area contributed by atoms with Crippen molar-refractivity contribution in [3.63, 3.8) is 0 Å². The molecule has 0 spiro atoms. The molecule has 1 amide bonds. The number of amides is 1. The molecule has 3 heterocycles. The second kappa shape index (κ2) is 5.65. The zero-order valence-corrected chi connectivity index (χ0v) is 13.6. The minimum Gasteiger partial charge on any atom is -0.323 e. The van der Waals surface area contributed by atoms with Crippen molar-refractivity contribution < 1.29 is 13.2 Å². The maximum absolute atomic E-state index is 13.0. The smallest absolute Gasteiger partial charge is 0.267 e. The number of carbonyl (C=O) groups excluding carboxylic acids is 1. The predicted octanol–water partition coefficient (Wildman–Crippen LogP) is 1.40. The summed E-state index contributed by atoms with van der Waals surface area (Å²) in [6.45, 7) is 3.90. The van der Waals surface area contributed by atoms with Gasteiger partial charge in [-0.05, 0) is 19.9 Å². The van der Waals surface area contributed by atoms with Gasteiger partial charge in [-0.2, -0.15) is 5.10 Å². The van der Waals surface area contributed by atoms with Gasteiger partial charge in [-0.15, -0.1) is 0 Å². The molecular weight excluding hydrogens is 318 g/mol. The SMILES string of the molecule is CC(C)n1cc(S(=O)(=O)N2CCC(=O)Nc3cnccc32)cn1. The summed E-state index contributed by atoms with van der Waals surface area (Å²) in [6.07, 6.45) is 5.85. The second-order valence-corrected chi connectivity index (χ2v) is 7.38. The third-order valence-corrected chi connectivity index (χ3v) is 5.34. The highest BCUT2D eigenvalue weighted by atomic mass is 32.2. The summed E-state index contributed by atoms with van der Waals surface area (Å²) < 4.78 is 28.7. The lowest BCUT2D eigenvalue weighted by atomic mass is 10.3. The van der Waals surface area contributed by atoms with Crippen LogP contribution in [0.2, 0.25) is 0 Å². The molecule has 3 rings (SSSR count). The van der Waals surface area contributed by atoms with Crippen LogP contribution in [0.3, 0.4) is 0 Å². The molecule has 2 aromatic heterocycles. The first kappa shape index (κ1) is 15.5. The minimum atomic E-state index is -3.80. The summed E-state index contributed by atoms with van der Waals surface area (Å²) in [6, 6.07) is 1.63. The molecule has 0 aromatic carbocycles. The van der Waals surface area contributed by atoms with E-state index in [1.54, 1.807) is 10.7 Å². The van der Waals surface area contributed by atoms with Crippen LogP contribution in [0.1, 0.15) is 26.3 Å². The van der Waals surface area contributed by atoms with Crippen molar-refractivity contribution in [1.82, 2.24) is 14.8 Å². The van der Waals surface area contributed by atoms with Crippen LogP contribution in [0.5, 0.6) is 0 Å². The van der Waals surface area contributed by atoms with E-state index in [1.165, 1.54) is 29.1 Å². The van der Waals surface area contributed by atoms with E-state index in [1.807, 2.05) is 13.8 Å². The summed E-state index contributed by atoms with van der Waals surface area (Å²) in [5, 5.41) is 6.76. The van der Waals surface area contributed by atoms with Crippen LogP contribution in [-0.4, -0.2) is 35.6 Å². The maximum Gasteiger partial charge on any atom is 0.267 e. The van der Waals surface area contributed by atoms with E-state index in [2.05, 4.69) is 15.4 Å². The zero-order valence-electron chi connectivity index (χ0n) is 12.8. The van der Waals surface area contributed by atoms with E-state index in [0.717, 1.165) is 0 Å². The number of hydrogen-bond donors (Lipinski definition) is 1. The Bertz CT molecular complexity index is 844. The number of sulfonamides is 1. The molecule has 1 aliphatic rings. The molecule has 1 aliphatic heterocycles. The lowest BCUT2D eigenvalue weighted by Crippen LogP contribution is -2.31. The molecule has 0 aliphatic carbocycles. The number of nitrogens with one attached hydrogen (secondary N) is 1. The summed E-state index contributed by atoms with van der Waals surface area (Å²) in [7, 11) is -3.80. The molecule has 122 valence electrons. The van der Waals surface area contributed by atoms with Crippen molar-refractivity contribution in [1.29, 1.82) is 0 Å². The van der Waals surface area contributed by atoms with E-state index in [-0.39, 0.29) is 29.8 Å². The normalized spacial score (nSPS) is 15.3. The zero-order chi connectivity index (χ0) is 16.6. The van der Waals surface area contributed by atoms with Crippen molar-refractivity contribution in [3.8, 4) is 0 Å². The Hall–Kier alpha value is -2.42. The standard InChI is InChI=1S/C14H17N5O3S/c1-10(2)18-9-11(7-16-18)23(21,22)19-6-4-14(20)17-12-8-15-5-3-13(12)19/h3,5,7-10H,4,6H2,1-2H3,(H,17,20). The van der Waals surface area contributed by atoms with E-state index in [4.69, 9.17) is 0 Å². The molecule has 0 atom stereocenters. The number of carbonyl (C=O) groups is 1. The van der Waals surface area contributed by atoms with Gasteiger partial charge in [0.05, 0.1) is 23.8 Å². The Labute approximate surface area is 134 Å². The Balaban J connectivity index is 2.07. The average molecular weight is 335 g/mol. The highest BCUT2D eigenvalue weighted by Gasteiger charge is 2.31. The van der Waals surface area contributed by atoms with Crippen LogP contribution in [0.15, 0.2) is 35.7 Å². The molecule has 23 heavy (non-hydrogen) atoms. The van der Waals surface area contributed by atoms with Gasteiger partial charge in [0.15, 0.2) is 0 Å². The molecule has 0 radical (unpaired) electrons. The Morgan fingerprint density at radius 1 is 1.30 bits per heavy atom. The molecule has 9 heteroatoms. The fraction of sp³-hybridized carbons (Fsp3) is 0.357. The molecule has 0 saturated heterocycles. The quantitative estimate of drug-likeness (QED) is 0.914. The molecule has 0 saturated carbocycles. The van der Waals surface area contributed by atoms with Gasteiger partial charge in [-0.1, -0.05) is 0 Å². The summed E-state index contributed by atoms with van der Waals surface area (Å²) in [5.41, 5.74) is 0.790. The topological polar surface area (TPSA) is 97.2 Å². The Kier molecular flexibility index (Phi) is 3.80. The third kappa shape index (κ3) is 2.79. The first-order valence-corrected chi connectivity index (χ1v) is 8.64. The molecule has 0 bridgehead atoms. The molecule has 0 fully saturated rings. The fourth-order valence-electron chi connectivity index (χ4n) is 2.35. The van der Waals surface area contributed by atoms with Gasteiger partial charge >= 0.3 is 0 Å². The molecular formula is C14H17N5O3S. The van der Waals surface area contributed by atoms with Gasteiger partial charge in [-0.25, -0.2) is 8.42 Å². The van der Waals surface area contributed by atoms with E-state index >= 15 is 0 Å². The fourth-order valence-corrected chi connectivity index (χ4v) is 3.78. The van der Waals surface area contributed by atoms with Crippen LogP contribution in [-0.2, 0) is 14.8 Å². The van der Waals surface area contributed by atoms with Crippen LogP contribution in [0.25, 0.3) is 0 Å².